The monoisotopic (exact) mass is 404 g/mol. The molecule has 0 saturated heterocycles. The number of ether oxygens (including phenoxy) is 1. The van der Waals surface area contributed by atoms with E-state index in [1.54, 1.807) is 19.1 Å². The Labute approximate surface area is 167 Å². The molecular weight excluding hydrogens is 376 g/mol. The van der Waals surface area contributed by atoms with E-state index in [1.807, 2.05) is 51.1 Å². The second kappa shape index (κ2) is 9.71. The zero-order valence-corrected chi connectivity index (χ0v) is 17.5. The number of carbonyl (C=O) groups is 1. The molecule has 6 nitrogen and oxygen atoms in total. The van der Waals surface area contributed by atoms with Gasteiger partial charge in [0.2, 0.25) is 10.0 Å². The highest BCUT2D eigenvalue weighted by atomic mass is 32.2. The first kappa shape index (κ1) is 21.9. The molecule has 0 aliphatic heterocycles. The minimum absolute atomic E-state index is 0.127. The number of aryl methyl sites for hydroxylation is 1. The van der Waals surface area contributed by atoms with Crippen LogP contribution >= 0.6 is 0 Å². The normalized spacial score (nSPS) is 12.6. The first-order valence-electron chi connectivity index (χ1n) is 9.26. The third-order valence-electron chi connectivity index (χ3n) is 4.17. The van der Waals surface area contributed by atoms with Gasteiger partial charge in [-0.2, -0.15) is 0 Å². The summed E-state index contributed by atoms with van der Waals surface area (Å²) in [7, 11) is -3.56. The molecule has 0 fully saturated rings. The molecule has 0 saturated carbocycles. The van der Waals surface area contributed by atoms with Gasteiger partial charge < -0.3 is 10.1 Å². The number of amides is 1. The second-order valence-corrected chi connectivity index (χ2v) is 8.93. The molecule has 2 N–H and O–H groups in total. The van der Waals surface area contributed by atoms with E-state index in [4.69, 9.17) is 4.74 Å². The minimum Gasteiger partial charge on any atom is -0.484 e. The van der Waals surface area contributed by atoms with Crippen molar-refractivity contribution in [3.8, 4) is 5.75 Å². The summed E-state index contributed by atoms with van der Waals surface area (Å²) < 4.78 is 32.8. The highest BCUT2D eigenvalue weighted by Gasteiger charge is 2.16. The Balaban J connectivity index is 1.95. The van der Waals surface area contributed by atoms with Crippen molar-refractivity contribution in [2.45, 2.75) is 38.6 Å². The van der Waals surface area contributed by atoms with E-state index in [1.165, 1.54) is 6.07 Å². The Kier molecular flexibility index (Phi) is 7.60. The molecule has 0 heterocycles. The number of hydrogen-bond acceptors (Lipinski definition) is 4. The third-order valence-corrected chi connectivity index (χ3v) is 5.60. The third kappa shape index (κ3) is 6.35. The second-order valence-electron chi connectivity index (χ2n) is 7.16. The van der Waals surface area contributed by atoms with Crippen molar-refractivity contribution < 1.29 is 17.9 Å². The largest absolute Gasteiger partial charge is 0.484 e. The standard InChI is InChI=1S/C21H28N2O4S/c1-15(2)13-22-28(25,26)19-10-11-20(16(3)12-19)27-14-21(24)23-17(4)18-8-6-5-7-9-18/h5-12,15,17,22H,13-14H2,1-4H3,(H,23,24)/t17-/m1/s1. The summed E-state index contributed by atoms with van der Waals surface area (Å²) in [6, 6.07) is 14.1. The van der Waals surface area contributed by atoms with Crippen molar-refractivity contribution in [1.29, 1.82) is 0 Å². The Morgan fingerprint density at radius 1 is 1.07 bits per heavy atom. The van der Waals surface area contributed by atoms with Gasteiger partial charge in [-0.05, 0) is 49.1 Å². The zero-order valence-electron chi connectivity index (χ0n) is 16.7. The van der Waals surface area contributed by atoms with Crippen LogP contribution in [-0.4, -0.2) is 27.5 Å². The fourth-order valence-corrected chi connectivity index (χ4v) is 3.86. The lowest BCUT2D eigenvalue weighted by molar-refractivity contribution is -0.123. The molecule has 152 valence electrons. The van der Waals surface area contributed by atoms with E-state index in [2.05, 4.69) is 10.0 Å². The van der Waals surface area contributed by atoms with Crippen LogP contribution in [0.25, 0.3) is 0 Å². The predicted octanol–water partition coefficient (Wildman–Crippen LogP) is 3.19. The van der Waals surface area contributed by atoms with Gasteiger partial charge in [-0.1, -0.05) is 44.2 Å². The number of hydrogen-bond donors (Lipinski definition) is 2. The zero-order chi connectivity index (χ0) is 20.7. The summed E-state index contributed by atoms with van der Waals surface area (Å²) in [4.78, 5) is 12.3. The van der Waals surface area contributed by atoms with Crippen LogP contribution in [0, 0.1) is 12.8 Å². The van der Waals surface area contributed by atoms with Crippen LogP contribution in [-0.2, 0) is 14.8 Å². The lowest BCUT2D eigenvalue weighted by atomic mass is 10.1. The first-order chi connectivity index (χ1) is 13.2. The van der Waals surface area contributed by atoms with Gasteiger partial charge >= 0.3 is 0 Å². The van der Waals surface area contributed by atoms with E-state index in [0.717, 1.165) is 5.56 Å². The molecule has 0 aromatic heterocycles. The maximum absolute atomic E-state index is 12.3. The lowest BCUT2D eigenvalue weighted by Crippen LogP contribution is -2.31. The molecular formula is C21H28N2O4S. The summed E-state index contributed by atoms with van der Waals surface area (Å²) >= 11 is 0. The van der Waals surface area contributed by atoms with Gasteiger partial charge in [0.1, 0.15) is 5.75 Å². The molecule has 2 rings (SSSR count). The minimum atomic E-state index is -3.56. The summed E-state index contributed by atoms with van der Waals surface area (Å²) in [5.74, 6) is 0.451. The van der Waals surface area contributed by atoms with E-state index in [0.29, 0.717) is 17.9 Å². The Morgan fingerprint density at radius 2 is 1.75 bits per heavy atom. The van der Waals surface area contributed by atoms with Gasteiger partial charge in [0.05, 0.1) is 10.9 Å². The fourth-order valence-electron chi connectivity index (χ4n) is 2.56. The molecule has 2 aromatic rings. The van der Waals surface area contributed by atoms with Gasteiger partial charge in [-0.3, -0.25) is 4.79 Å². The van der Waals surface area contributed by atoms with Gasteiger partial charge in [0.25, 0.3) is 5.91 Å². The number of sulfonamides is 1. The van der Waals surface area contributed by atoms with Gasteiger partial charge in [-0.15, -0.1) is 0 Å². The van der Waals surface area contributed by atoms with Gasteiger partial charge in [0.15, 0.2) is 6.61 Å². The number of nitrogens with one attached hydrogen (secondary N) is 2. The maximum atomic E-state index is 12.3. The molecule has 1 amide bonds. The van der Waals surface area contributed by atoms with Crippen LogP contribution in [0.3, 0.4) is 0 Å². The van der Waals surface area contributed by atoms with Crippen molar-refractivity contribution in [3.05, 3.63) is 59.7 Å². The van der Waals surface area contributed by atoms with E-state index in [9.17, 15) is 13.2 Å². The first-order valence-corrected chi connectivity index (χ1v) is 10.7. The highest BCUT2D eigenvalue weighted by Crippen LogP contribution is 2.22. The average Bonchev–Trinajstić information content (AvgIpc) is 2.66. The van der Waals surface area contributed by atoms with Crippen LogP contribution in [0.5, 0.6) is 5.75 Å². The molecule has 0 bridgehead atoms. The summed E-state index contributed by atoms with van der Waals surface area (Å²) in [5, 5.41) is 2.88. The molecule has 0 aliphatic carbocycles. The molecule has 0 unspecified atom stereocenters. The van der Waals surface area contributed by atoms with Crippen molar-refractivity contribution in [2.75, 3.05) is 13.2 Å². The topological polar surface area (TPSA) is 84.5 Å². The number of rotatable bonds is 9. The Morgan fingerprint density at radius 3 is 2.36 bits per heavy atom. The summed E-state index contributed by atoms with van der Waals surface area (Å²) in [6.07, 6.45) is 0. The quantitative estimate of drug-likeness (QED) is 0.672. The van der Waals surface area contributed by atoms with Gasteiger partial charge in [0, 0.05) is 6.54 Å². The van der Waals surface area contributed by atoms with E-state index in [-0.39, 0.29) is 29.4 Å². The number of carbonyl (C=O) groups excluding carboxylic acids is 1. The molecule has 1 atom stereocenters. The smallest absolute Gasteiger partial charge is 0.258 e. The van der Waals surface area contributed by atoms with E-state index < -0.39 is 10.0 Å². The molecule has 28 heavy (non-hydrogen) atoms. The Bertz CT molecular complexity index is 896. The molecule has 0 aliphatic rings. The highest BCUT2D eigenvalue weighted by molar-refractivity contribution is 7.89. The Hall–Kier alpha value is -2.38. The van der Waals surface area contributed by atoms with Crippen molar-refractivity contribution >= 4 is 15.9 Å². The maximum Gasteiger partial charge on any atom is 0.258 e. The van der Waals surface area contributed by atoms with Crippen LogP contribution in [0.2, 0.25) is 0 Å². The van der Waals surface area contributed by atoms with Gasteiger partial charge in [-0.25, -0.2) is 13.1 Å². The van der Waals surface area contributed by atoms with Crippen LogP contribution in [0.4, 0.5) is 0 Å². The molecule has 0 radical (unpaired) electrons. The average molecular weight is 405 g/mol. The van der Waals surface area contributed by atoms with Crippen LogP contribution in [0.1, 0.15) is 37.9 Å². The van der Waals surface area contributed by atoms with Crippen molar-refractivity contribution in [1.82, 2.24) is 10.0 Å². The molecule has 0 spiro atoms. The SMILES string of the molecule is Cc1cc(S(=O)(=O)NCC(C)C)ccc1OCC(=O)N[C@H](C)c1ccccc1. The predicted molar refractivity (Wildman–Crippen MR) is 110 cm³/mol. The summed E-state index contributed by atoms with van der Waals surface area (Å²) in [5.41, 5.74) is 1.66. The van der Waals surface area contributed by atoms with Crippen molar-refractivity contribution in [3.63, 3.8) is 0 Å². The number of benzene rings is 2. The molecule has 2 aromatic carbocycles. The molecule has 7 heteroatoms. The van der Waals surface area contributed by atoms with E-state index >= 15 is 0 Å². The van der Waals surface area contributed by atoms with Crippen molar-refractivity contribution in [2.24, 2.45) is 5.92 Å². The van der Waals surface area contributed by atoms with Crippen LogP contribution in [0.15, 0.2) is 53.4 Å². The fraction of sp³-hybridized carbons (Fsp3) is 0.381. The van der Waals surface area contributed by atoms with Crippen LogP contribution < -0.4 is 14.8 Å². The lowest BCUT2D eigenvalue weighted by Gasteiger charge is -2.15. The summed E-state index contributed by atoms with van der Waals surface area (Å²) in [6.45, 7) is 7.77.